The van der Waals surface area contributed by atoms with Crippen LogP contribution in [0.5, 0.6) is 0 Å². The number of nitrogens with one attached hydrogen (secondary N) is 2. The van der Waals surface area contributed by atoms with E-state index in [1.54, 1.807) is 65.0 Å². The molecule has 0 radical (unpaired) electrons. The van der Waals surface area contributed by atoms with E-state index in [0.717, 1.165) is 24.3 Å². The van der Waals surface area contributed by atoms with Gasteiger partial charge in [-0.3, -0.25) is 9.59 Å². The summed E-state index contributed by atoms with van der Waals surface area (Å²) in [7, 11) is 0. The summed E-state index contributed by atoms with van der Waals surface area (Å²) in [6.07, 6.45) is 2.19. The zero-order valence-corrected chi connectivity index (χ0v) is 25.2. The van der Waals surface area contributed by atoms with E-state index < -0.39 is 66.1 Å². The number of carboxylic acids is 1. The van der Waals surface area contributed by atoms with Crippen LogP contribution in [-0.2, 0) is 47.7 Å². The molecular weight excluding hydrogens is 582 g/mol. The Morgan fingerprint density at radius 2 is 1.32 bits per heavy atom. The van der Waals surface area contributed by atoms with Gasteiger partial charge >= 0.3 is 30.0 Å². The minimum Gasteiger partial charge on any atom is -0.478 e. The second-order valence-corrected chi connectivity index (χ2v) is 9.50. The van der Waals surface area contributed by atoms with Gasteiger partial charge in [-0.15, -0.1) is 0 Å². The van der Waals surface area contributed by atoms with Crippen molar-refractivity contribution in [3.05, 3.63) is 60.2 Å². The maximum atomic E-state index is 13.0. The Morgan fingerprint density at radius 3 is 1.77 bits per heavy atom. The van der Waals surface area contributed by atoms with E-state index in [0.29, 0.717) is 5.56 Å². The van der Waals surface area contributed by atoms with E-state index in [2.05, 4.69) is 20.1 Å². The minimum absolute atomic E-state index is 0.144. The van der Waals surface area contributed by atoms with Crippen molar-refractivity contribution in [3.8, 4) is 0 Å². The van der Waals surface area contributed by atoms with Gasteiger partial charge in [-0.25, -0.2) is 24.0 Å². The van der Waals surface area contributed by atoms with Gasteiger partial charge in [-0.05, 0) is 40.2 Å². The van der Waals surface area contributed by atoms with Crippen LogP contribution in [0.1, 0.15) is 52.6 Å². The number of hydrogen-bond acceptors (Lipinski definition) is 11. The molecule has 1 aromatic carbocycles. The summed E-state index contributed by atoms with van der Waals surface area (Å²) in [5, 5.41) is 13.1. The van der Waals surface area contributed by atoms with Crippen molar-refractivity contribution in [2.45, 2.75) is 58.7 Å². The van der Waals surface area contributed by atoms with Gasteiger partial charge in [0.05, 0.1) is 19.3 Å². The van der Waals surface area contributed by atoms with E-state index in [1.165, 1.54) is 0 Å². The molecule has 15 heteroatoms. The molecule has 0 aliphatic rings. The molecule has 0 saturated heterocycles. The first-order valence-corrected chi connectivity index (χ1v) is 13.3. The van der Waals surface area contributed by atoms with Crippen LogP contribution < -0.4 is 16.4 Å². The molecule has 0 aliphatic heterocycles. The Hall–Kier alpha value is -5.21. The van der Waals surface area contributed by atoms with E-state index in [1.807, 2.05) is 0 Å². The summed E-state index contributed by atoms with van der Waals surface area (Å²) >= 11 is 0. The lowest BCUT2D eigenvalue weighted by molar-refractivity contribution is -0.141. The Labute approximate surface area is 254 Å². The molecule has 3 amide bonds. The third-order valence-electron chi connectivity index (χ3n) is 4.57. The lowest BCUT2D eigenvalue weighted by atomic mass is 10.1. The van der Waals surface area contributed by atoms with Crippen molar-refractivity contribution in [1.82, 2.24) is 10.6 Å². The number of esters is 3. The number of amides is 3. The number of aliphatic carboxylic acids is 1. The fourth-order valence-corrected chi connectivity index (χ4v) is 2.94. The zero-order valence-electron chi connectivity index (χ0n) is 25.2. The molecule has 15 nitrogen and oxygen atoms in total. The second kappa shape index (κ2) is 20.6. The highest BCUT2D eigenvalue weighted by molar-refractivity contribution is 5.92. The molecule has 242 valence electrons. The van der Waals surface area contributed by atoms with Gasteiger partial charge in [-0.1, -0.05) is 30.3 Å². The minimum atomic E-state index is -1.16. The molecule has 1 rings (SSSR count). The number of carbonyl (C=O) groups excluding carboxylic acids is 6. The monoisotopic (exact) mass is 621 g/mol. The van der Waals surface area contributed by atoms with Crippen molar-refractivity contribution in [1.29, 1.82) is 0 Å². The van der Waals surface area contributed by atoms with E-state index in [-0.39, 0.29) is 19.6 Å². The van der Waals surface area contributed by atoms with Crippen LogP contribution in [0.2, 0.25) is 0 Å². The maximum absolute atomic E-state index is 13.0. The van der Waals surface area contributed by atoms with Crippen molar-refractivity contribution in [2.75, 3.05) is 19.8 Å². The molecule has 0 heterocycles. The van der Waals surface area contributed by atoms with E-state index in [9.17, 15) is 33.6 Å². The van der Waals surface area contributed by atoms with Crippen LogP contribution >= 0.6 is 0 Å². The molecule has 0 aliphatic carbocycles. The van der Waals surface area contributed by atoms with Gasteiger partial charge in [0, 0.05) is 30.7 Å². The van der Waals surface area contributed by atoms with Gasteiger partial charge in [-0.2, -0.15) is 0 Å². The molecule has 0 aromatic heterocycles. The molecule has 0 unspecified atom stereocenters. The highest BCUT2D eigenvalue weighted by atomic mass is 16.6. The summed E-state index contributed by atoms with van der Waals surface area (Å²) in [4.78, 5) is 80.1. The summed E-state index contributed by atoms with van der Waals surface area (Å²) in [5.41, 5.74) is 4.92. The number of carbonyl (C=O) groups is 7. The summed E-state index contributed by atoms with van der Waals surface area (Å²) in [6.45, 7) is 8.28. The van der Waals surface area contributed by atoms with Crippen molar-refractivity contribution >= 4 is 41.8 Å². The molecule has 1 aromatic rings. The number of alkyl carbamates (subject to hydrolysis) is 1. The molecule has 2 atom stereocenters. The summed E-state index contributed by atoms with van der Waals surface area (Å²) in [6, 6.07) is 6.22. The molecule has 44 heavy (non-hydrogen) atoms. The molecule has 0 spiro atoms. The summed E-state index contributed by atoms with van der Waals surface area (Å²) in [5.74, 6) is -4.83. The molecule has 0 saturated carbocycles. The van der Waals surface area contributed by atoms with Crippen LogP contribution in [0.25, 0.3) is 0 Å². The Kier molecular flexibility index (Phi) is 18.2. The molecule has 0 fully saturated rings. The number of ether oxygens (including phenoxy) is 4. The van der Waals surface area contributed by atoms with Crippen LogP contribution in [0.15, 0.2) is 54.6 Å². The van der Waals surface area contributed by atoms with Crippen molar-refractivity contribution in [2.24, 2.45) is 5.73 Å². The van der Waals surface area contributed by atoms with Gasteiger partial charge in [0.2, 0.25) is 11.8 Å². The van der Waals surface area contributed by atoms with Crippen LogP contribution in [0.4, 0.5) is 4.79 Å². The van der Waals surface area contributed by atoms with Gasteiger partial charge < -0.3 is 40.4 Å². The number of benzene rings is 1. The summed E-state index contributed by atoms with van der Waals surface area (Å²) < 4.78 is 19.3. The van der Waals surface area contributed by atoms with Gasteiger partial charge in [0.15, 0.2) is 0 Å². The Bertz CT molecular complexity index is 1190. The Balaban J connectivity index is 0.00000158. The van der Waals surface area contributed by atoms with E-state index in [4.69, 9.17) is 20.3 Å². The smallest absolute Gasteiger partial charge is 0.408 e. The molecular formula is C29H39N3O12. The first kappa shape index (κ1) is 38.8. The second-order valence-electron chi connectivity index (χ2n) is 9.50. The fourth-order valence-electron chi connectivity index (χ4n) is 2.94. The first-order chi connectivity index (χ1) is 20.6. The maximum Gasteiger partial charge on any atom is 0.408 e. The predicted octanol–water partition coefficient (Wildman–Crippen LogP) is 1.47. The topological polar surface area (TPSA) is 227 Å². The molecule has 5 N–H and O–H groups in total. The number of rotatable bonds is 14. The lowest BCUT2D eigenvalue weighted by Crippen LogP contribution is -2.48. The Morgan fingerprint density at radius 1 is 0.818 bits per heavy atom. The third kappa shape index (κ3) is 19.8. The number of primary amides is 1. The fraction of sp³-hybridized carbons (Fsp3) is 0.414. The van der Waals surface area contributed by atoms with Gasteiger partial charge in [0.1, 0.15) is 18.2 Å². The SMILES string of the molecule is CCOC(=O)/C=C/C(=O)O.CCOC(=O)/C=C/C(=O)OC[C@H](CC(N)=O)NC(=O)[C@@H](NC(=O)OC(C)(C)C)c1ccccc1. The van der Waals surface area contributed by atoms with Crippen LogP contribution in [0, 0.1) is 0 Å². The number of hydrogen-bond donors (Lipinski definition) is 4. The van der Waals surface area contributed by atoms with Crippen molar-refractivity contribution in [3.63, 3.8) is 0 Å². The zero-order chi connectivity index (χ0) is 33.7. The van der Waals surface area contributed by atoms with E-state index >= 15 is 0 Å². The number of nitrogens with two attached hydrogens (primary N) is 1. The number of carboxylic acid groups (broad SMARTS) is 1. The lowest BCUT2D eigenvalue weighted by Gasteiger charge is -2.25. The highest BCUT2D eigenvalue weighted by Gasteiger charge is 2.28. The molecule has 0 bridgehead atoms. The van der Waals surface area contributed by atoms with Crippen LogP contribution in [0.3, 0.4) is 0 Å². The largest absolute Gasteiger partial charge is 0.478 e. The quantitative estimate of drug-likeness (QED) is 0.132. The highest BCUT2D eigenvalue weighted by Crippen LogP contribution is 2.15. The van der Waals surface area contributed by atoms with Crippen molar-refractivity contribution < 1.29 is 57.6 Å². The standard InChI is InChI=1S/C23H31N3O8.C6H8O4/c1-5-32-18(28)11-12-19(29)33-14-16(13-17(24)27)25-21(30)20(15-9-7-6-8-10-15)26-22(31)34-23(2,3)4;1-2-10-6(9)4-3-5(7)8/h6-12,16,20H,5,13-14H2,1-4H3,(H2,24,27)(H,25,30)(H,26,31);3-4H,2H2,1H3,(H,7,8)/b12-11+;4-3+/t16-,20-;/m0./s1. The first-order valence-electron chi connectivity index (χ1n) is 13.3. The van der Waals surface area contributed by atoms with Crippen LogP contribution in [-0.4, -0.2) is 78.4 Å². The normalized spacial score (nSPS) is 12.1. The average Bonchev–Trinajstić information content (AvgIpc) is 2.92. The van der Waals surface area contributed by atoms with Gasteiger partial charge in [0.25, 0.3) is 0 Å². The predicted molar refractivity (Wildman–Crippen MR) is 154 cm³/mol. The third-order valence-corrected chi connectivity index (χ3v) is 4.57. The average molecular weight is 622 g/mol.